The second-order valence-electron chi connectivity index (χ2n) is 5.12. The quantitative estimate of drug-likeness (QED) is 0.762. The summed E-state index contributed by atoms with van der Waals surface area (Å²) < 4.78 is 15.8. The van der Waals surface area contributed by atoms with Crippen molar-refractivity contribution in [2.45, 2.75) is 39.4 Å². The average Bonchev–Trinajstić information content (AvgIpc) is 2.35. The summed E-state index contributed by atoms with van der Waals surface area (Å²) in [4.78, 5) is 11.5. The van der Waals surface area contributed by atoms with Gasteiger partial charge < -0.3 is 14.2 Å². The molecule has 19 heavy (non-hydrogen) atoms. The monoisotopic (exact) mass is 266 g/mol. The standard InChI is InChI=1S/C15H22O4/c1-5-17-14(16)19-13(11-18-15(2,3)4)12-9-7-6-8-10-12/h6-10,13H,5,11H2,1-4H3. The minimum atomic E-state index is -0.672. The molecule has 0 radical (unpaired) electrons. The molecule has 106 valence electrons. The van der Waals surface area contributed by atoms with Crippen LogP contribution in [0.4, 0.5) is 4.79 Å². The first kappa shape index (κ1) is 15.5. The summed E-state index contributed by atoms with van der Waals surface area (Å²) in [5.74, 6) is 0. The number of ether oxygens (including phenoxy) is 3. The molecule has 0 amide bonds. The molecule has 0 heterocycles. The molecule has 0 N–H and O–H groups in total. The summed E-state index contributed by atoms with van der Waals surface area (Å²) in [6.45, 7) is 8.20. The highest BCUT2D eigenvalue weighted by Gasteiger charge is 2.21. The Balaban J connectivity index is 2.71. The molecule has 0 saturated heterocycles. The van der Waals surface area contributed by atoms with Gasteiger partial charge >= 0.3 is 6.16 Å². The summed E-state index contributed by atoms with van der Waals surface area (Å²) in [5, 5.41) is 0. The number of hydrogen-bond donors (Lipinski definition) is 0. The molecule has 1 aromatic carbocycles. The molecule has 1 atom stereocenters. The fraction of sp³-hybridized carbons (Fsp3) is 0.533. The Labute approximate surface area is 114 Å². The van der Waals surface area contributed by atoms with Crippen molar-refractivity contribution in [1.82, 2.24) is 0 Å². The molecule has 4 heteroatoms. The SMILES string of the molecule is CCOC(=O)OC(COC(C)(C)C)c1ccccc1. The third kappa shape index (κ3) is 6.25. The van der Waals surface area contributed by atoms with E-state index in [0.717, 1.165) is 5.56 Å². The van der Waals surface area contributed by atoms with Crippen LogP contribution >= 0.6 is 0 Å². The van der Waals surface area contributed by atoms with Gasteiger partial charge in [0.15, 0.2) is 6.10 Å². The van der Waals surface area contributed by atoms with E-state index in [1.54, 1.807) is 6.92 Å². The first-order chi connectivity index (χ1) is 8.92. The first-order valence-electron chi connectivity index (χ1n) is 6.44. The molecule has 4 nitrogen and oxygen atoms in total. The molecular formula is C15H22O4. The molecule has 0 aliphatic carbocycles. The highest BCUT2D eigenvalue weighted by Crippen LogP contribution is 2.21. The largest absolute Gasteiger partial charge is 0.508 e. The van der Waals surface area contributed by atoms with E-state index in [-0.39, 0.29) is 5.60 Å². The van der Waals surface area contributed by atoms with Crippen LogP contribution in [0.1, 0.15) is 39.4 Å². The van der Waals surface area contributed by atoms with E-state index in [1.165, 1.54) is 0 Å². The van der Waals surface area contributed by atoms with E-state index < -0.39 is 12.3 Å². The van der Waals surface area contributed by atoms with Crippen LogP contribution in [0, 0.1) is 0 Å². The van der Waals surface area contributed by atoms with Gasteiger partial charge in [0.05, 0.1) is 18.8 Å². The lowest BCUT2D eigenvalue weighted by molar-refractivity contribution is -0.0663. The van der Waals surface area contributed by atoms with Crippen molar-refractivity contribution in [3.8, 4) is 0 Å². The summed E-state index contributed by atoms with van der Waals surface area (Å²) in [7, 11) is 0. The van der Waals surface area contributed by atoms with Crippen LogP contribution in [0.15, 0.2) is 30.3 Å². The number of carbonyl (C=O) groups excluding carboxylic acids is 1. The summed E-state index contributed by atoms with van der Waals surface area (Å²) in [5.41, 5.74) is 0.602. The Morgan fingerprint density at radius 1 is 1.21 bits per heavy atom. The Kier molecular flexibility index (Phi) is 5.83. The van der Waals surface area contributed by atoms with Gasteiger partial charge in [-0.3, -0.25) is 0 Å². The number of rotatable bonds is 5. The van der Waals surface area contributed by atoms with Crippen molar-refractivity contribution in [3.63, 3.8) is 0 Å². The predicted octanol–water partition coefficient (Wildman–Crippen LogP) is 3.72. The van der Waals surface area contributed by atoms with Gasteiger partial charge in [-0.2, -0.15) is 0 Å². The fourth-order valence-corrected chi connectivity index (χ4v) is 1.46. The Hall–Kier alpha value is -1.55. The van der Waals surface area contributed by atoms with Crippen molar-refractivity contribution < 1.29 is 19.0 Å². The third-order valence-electron chi connectivity index (χ3n) is 2.34. The van der Waals surface area contributed by atoms with Crippen LogP contribution in [-0.2, 0) is 14.2 Å². The highest BCUT2D eigenvalue weighted by atomic mass is 16.7. The Morgan fingerprint density at radius 2 is 1.84 bits per heavy atom. The average molecular weight is 266 g/mol. The third-order valence-corrected chi connectivity index (χ3v) is 2.34. The van der Waals surface area contributed by atoms with Crippen molar-refractivity contribution in [3.05, 3.63) is 35.9 Å². The zero-order valence-electron chi connectivity index (χ0n) is 12.0. The number of carbonyl (C=O) groups is 1. The van der Waals surface area contributed by atoms with Gasteiger partial charge in [0.25, 0.3) is 0 Å². The van der Waals surface area contributed by atoms with Gasteiger partial charge in [-0.25, -0.2) is 4.79 Å². The van der Waals surface area contributed by atoms with Crippen molar-refractivity contribution in [2.75, 3.05) is 13.2 Å². The maximum atomic E-state index is 11.5. The van der Waals surface area contributed by atoms with E-state index in [9.17, 15) is 4.79 Å². The van der Waals surface area contributed by atoms with E-state index in [0.29, 0.717) is 13.2 Å². The minimum absolute atomic E-state index is 0.287. The van der Waals surface area contributed by atoms with Crippen LogP contribution < -0.4 is 0 Å². The van der Waals surface area contributed by atoms with Crippen LogP contribution in [0.25, 0.3) is 0 Å². The molecule has 0 saturated carbocycles. The number of hydrogen-bond acceptors (Lipinski definition) is 4. The van der Waals surface area contributed by atoms with Crippen LogP contribution in [0.3, 0.4) is 0 Å². The highest BCUT2D eigenvalue weighted by molar-refractivity contribution is 5.60. The van der Waals surface area contributed by atoms with E-state index >= 15 is 0 Å². The lowest BCUT2D eigenvalue weighted by Crippen LogP contribution is -2.25. The summed E-state index contributed by atoms with van der Waals surface area (Å²) in [6, 6.07) is 9.50. The second kappa shape index (κ2) is 7.14. The smallest absolute Gasteiger partial charge is 0.435 e. The van der Waals surface area contributed by atoms with Crippen molar-refractivity contribution in [1.29, 1.82) is 0 Å². The molecule has 1 aromatic rings. The minimum Gasteiger partial charge on any atom is -0.435 e. The predicted molar refractivity (Wildman–Crippen MR) is 73.0 cm³/mol. The van der Waals surface area contributed by atoms with E-state index in [4.69, 9.17) is 14.2 Å². The molecular weight excluding hydrogens is 244 g/mol. The Morgan fingerprint density at radius 3 is 2.37 bits per heavy atom. The Bertz CT molecular complexity index is 381. The van der Waals surface area contributed by atoms with E-state index in [1.807, 2.05) is 51.1 Å². The first-order valence-corrected chi connectivity index (χ1v) is 6.44. The van der Waals surface area contributed by atoms with Crippen LogP contribution in [0.2, 0.25) is 0 Å². The maximum Gasteiger partial charge on any atom is 0.508 e. The van der Waals surface area contributed by atoms with Gasteiger partial charge in [-0.15, -0.1) is 0 Å². The van der Waals surface area contributed by atoms with Crippen LogP contribution in [-0.4, -0.2) is 25.0 Å². The van der Waals surface area contributed by atoms with Gasteiger partial charge in [-0.1, -0.05) is 30.3 Å². The molecule has 0 fully saturated rings. The fourth-order valence-electron chi connectivity index (χ4n) is 1.46. The molecule has 0 aliphatic rings. The van der Waals surface area contributed by atoms with Crippen molar-refractivity contribution >= 4 is 6.16 Å². The zero-order valence-corrected chi connectivity index (χ0v) is 12.0. The summed E-state index contributed by atoms with van der Waals surface area (Å²) in [6.07, 6.45) is -1.13. The van der Waals surface area contributed by atoms with Crippen molar-refractivity contribution in [2.24, 2.45) is 0 Å². The molecule has 0 aromatic heterocycles. The molecule has 0 bridgehead atoms. The van der Waals surface area contributed by atoms with Crippen LogP contribution in [0.5, 0.6) is 0 Å². The lowest BCUT2D eigenvalue weighted by atomic mass is 10.1. The topological polar surface area (TPSA) is 44.8 Å². The van der Waals surface area contributed by atoms with E-state index in [2.05, 4.69) is 0 Å². The van der Waals surface area contributed by atoms with Gasteiger partial charge in [-0.05, 0) is 33.3 Å². The molecule has 0 spiro atoms. The number of benzene rings is 1. The molecule has 1 rings (SSSR count). The maximum absolute atomic E-state index is 11.5. The summed E-state index contributed by atoms with van der Waals surface area (Å²) >= 11 is 0. The van der Waals surface area contributed by atoms with Gasteiger partial charge in [0.2, 0.25) is 0 Å². The second-order valence-corrected chi connectivity index (χ2v) is 5.12. The van der Waals surface area contributed by atoms with Gasteiger partial charge in [0, 0.05) is 0 Å². The zero-order chi connectivity index (χ0) is 14.3. The van der Waals surface area contributed by atoms with Gasteiger partial charge in [0.1, 0.15) is 0 Å². The lowest BCUT2D eigenvalue weighted by Gasteiger charge is -2.24. The normalized spacial score (nSPS) is 12.8. The molecule has 1 unspecified atom stereocenters. The molecule has 0 aliphatic heterocycles.